The first-order chi connectivity index (χ1) is 38.5. The third-order valence-corrected chi connectivity index (χ3v) is 15.1. The van der Waals surface area contributed by atoms with Crippen LogP contribution in [0.5, 0.6) is 11.5 Å². The zero-order chi connectivity index (χ0) is 55.6. The van der Waals surface area contributed by atoms with E-state index in [1.165, 1.54) is 5.19 Å². The molecule has 13 aromatic rings. The number of imidazole rings is 1. The van der Waals surface area contributed by atoms with Gasteiger partial charge in [-0.15, -0.1) is 0 Å². The molecule has 0 bridgehead atoms. The molecular formula is C63H47N5OSi. The summed E-state index contributed by atoms with van der Waals surface area (Å²) in [4.78, 5) is 4.99. The van der Waals surface area contributed by atoms with Gasteiger partial charge in [-0.25, -0.2) is 4.98 Å². The first kappa shape index (κ1) is 32.1. The molecular weight excluding hydrogens is 871 g/mol. The second-order valence-electron chi connectivity index (χ2n) is 18.3. The van der Waals surface area contributed by atoms with Crippen molar-refractivity contribution in [3.05, 3.63) is 237 Å². The van der Waals surface area contributed by atoms with Gasteiger partial charge in [-0.2, -0.15) is 0 Å². The Labute approximate surface area is 421 Å². The van der Waals surface area contributed by atoms with Gasteiger partial charge >= 0.3 is 0 Å². The number of aromatic nitrogens is 5. The second kappa shape index (κ2) is 16.5. The van der Waals surface area contributed by atoms with Crippen LogP contribution in [0.15, 0.2) is 230 Å². The summed E-state index contributed by atoms with van der Waals surface area (Å²) >= 11 is 0. The van der Waals surface area contributed by atoms with E-state index in [1.807, 2.05) is 77.5 Å². The van der Waals surface area contributed by atoms with Crippen LogP contribution in [0.3, 0.4) is 0 Å². The minimum absolute atomic E-state index is 0.136. The molecule has 70 heavy (non-hydrogen) atoms. The maximum Gasteiger partial charge on any atom is 0.269 e. The normalized spacial score (nSPS) is 13.9. The van der Waals surface area contributed by atoms with Gasteiger partial charge in [0.2, 0.25) is 0 Å². The standard InChI is InChI=1S/C63H47N5OSi/c1-70(2,3)47-36-37-64-62(39-47)68-56-33-15-12-28-52(56)53-40-60(67-54-31-13-10-26-50(54)51-27-11-14-32-55(51)67)61(41-59(53)68)69-46-25-18-24-45(38-46)65-42-66(58-35-17-16-34-57(58)65)63-48(43-20-6-4-7-21-43)29-19-30-49(63)44-22-8-5-9-23-44/h4-41H,1-3H3/i4D,5D,6D,7D,8D,9D,20D,21D,22D,23D. The van der Waals surface area contributed by atoms with Crippen molar-refractivity contribution in [1.82, 2.24) is 18.7 Å². The highest BCUT2D eigenvalue weighted by atomic mass is 28.3. The minimum Gasteiger partial charge on any atom is -0.456 e. The van der Waals surface area contributed by atoms with Crippen molar-refractivity contribution in [1.29, 1.82) is 0 Å². The second-order valence-corrected chi connectivity index (χ2v) is 23.4. The molecule has 0 aliphatic rings. The van der Waals surface area contributed by atoms with Crippen molar-refractivity contribution in [3.63, 3.8) is 0 Å². The van der Waals surface area contributed by atoms with E-state index >= 15 is 0 Å². The molecule has 4 aromatic heterocycles. The highest BCUT2D eigenvalue weighted by molar-refractivity contribution is 6.88. The van der Waals surface area contributed by atoms with E-state index in [4.69, 9.17) is 23.4 Å². The van der Waals surface area contributed by atoms with Crippen molar-refractivity contribution < 1.29 is 23.0 Å². The number of hydrogen-bond acceptors (Lipinski definition) is 2. The van der Waals surface area contributed by atoms with Crippen LogP contribution in [0.1, 0.15) is 13.7 Å². The molecule has 0 radical (unpaired) electrons. The monoisotopic (exact) mass is 927 g/mol. The van der Waals surface area contributed by atoms with E-state index in [0.29, 0.717) is 28.2 Å². The van der Waals surface area contributed by atoms with Crippen molar-refractivity contribution in [2.75, 3.05) is 0 Å². The van der Waals surface area contributed by atoms with Gasteiger partial charge in [-0.05, 0) is 76.9 Å². The van der Waals surface area contributed by atoms with Crippen molar-refractivity contribution in [2.45, 2.75) is 19.6 Å². The molecule has 7 heteroatoms. The third kappa shape index (κ3) is 6.85. The zero-order valence-corrected chi connectivity index (χ0v) is 39.3. The molecule has 0 saturated heterocycles. The summed E-state index contributed by atoms with van der Waals surface area (Å²) in [7, 11) is -1.76. The van der Waals surface area contributed by atoms with Crippen LogP contribution in [-0.2, 0) is 0 Å². The van der Waals surface area contributed by atoms with Crippen LogP contribution in [0.4, 0.5) is 0 Å². The Morgan fingerprint density at radius 2 is 1.10 bits per heavy atom. The van der Waals surface area contributed by atoms with Crippen LogP contribution in [-0.4, -0.2) is 26.8 Å². The average molecular weight is 928 g/mol. The van der Waals surface area contributed by atoms with Gasteiger partial charge in [0.1, 0.15) is 11.6 Å². The lowest BCUT2D eigenvalue weighted by Gasteiger charge is -2.18. The SMILES string of the molecule is [2H]c1c([2H])c([2H])c(-c2cccc(-c3c([2H])c([2H])c([2H])c([2H])c3[2H])c2-[n+]2[c-]n(-c3cccc(Oc4cc5c(cc4-n4c6ccccc6c6ccccc64)c4ccccc4n5-c4cc([Si](C)(C)C)ccn4)c3)c3ccccc32)c([2H])c1[2H]. The molecule has 13 rings (SSSR count). The summed E-state index contributed by atoms with van der Waals surface area (Å²) in [5.74, 6) is 1.86. The topological polar surface area (TPSA) is 40.8 Å². The smallest absolute Gasteiger partial charge is 0.269 e. The summed E-state index contributed by atoms with van der Waals surface area (Å²) in [6, 6.07) is 48.3. The summed E-state index contributed by atoms with van der Waals surface area (Å²) < 4.78 is 103. The molecule has 0 saturated carbocycles. The molecule has 0 amide bonds. The number of para-hydroxylation sites is 6. The molecule has 0 atom stereocenters. The quantitative estimate of drug-likeness (QED) is 0.0822. The molecule has 0 aliphatic heterocycles. The van der Waals surface area contributed by atoms with Crippen LogP contribution in [0.25, 0.3) is 99.8 Å². The van der Waals surface area contributed by atoms with Gasteiger partial charge in [0.05, 0.1) is 71.9 Å². The van der Waals surface area contributed by atoms with Crippen molar-refractivity contribution in [3.8, 4) is 56.6 Å². The van der Waals surface area contributed by atoms with Crippen LogP contribution in [0.2, 0.25) is 19.6 Å². The minimum atomic E-state index is -1.76. The summed E-state index contributed by atoms with van der Waals surface area (Å²) in [6.45, 7) is 6.99. The van der Waals surface area contributed by atoms with Gasteiger partial charge in [0, 0.05) is 33.8 Å². The van der Waals surface area contributed by atoms with Crippen LogP contribution >= 0.6 is 0 Å². The zero-order valence-electron chi connectivity index (χ0n) is 48.3. The van der Waals surface area contributed by atoms with E-state index in [-0.39, 0.29) is 27.9 Å². The maximum atomic E-state index is 9.13. The number of ether oxygens (including phenoxy) is 1. The van der Waals surface area contributed by atoms with Gasteiger partial charge in [-0.3, -0.25) is 13.7 Å². The van der Waals surface area contributed by atoms with E-state index in [9.17, 15) is 0 Å². The molecule has 0 spiro atoms. The largest absolute Gasteiger partial charge is 0.456 e. The molecule has 6 nitrogen and oxygen atoms in total. The fraction of sp³-hybridized carbons (Fsp3) is 0.0476. The summed E-state index contributed by atoms with van der Waals surface area (Å²) in [5.41, 5.74) is 6.73. The Morgan fingerprint density at radius 3 is 1.74 bits per heavy atom. The number of nitrogens with zero attached hydrogens (tertiary/aromatic N) is 5. The number of benzene rings is 9. The highest BCUT2D eigenvalue weighted by Crippen LogP contribution is 2.43. The molecule has 0 unspecified atom stereocenters. The third-order valence-electron chi connectivity index (χ3n) is 13.1. The summed E-state index contributed by atoms with van der Waals surface area (Å²) in [6.07, 6.45) is 5.40. The number of pyridine rings is 1. The Balaban J connectivity index is 1.05. The lowest BCUT2D eigenvalue weighted by atomic mass is 9.95. The number of hydrogen-bond donors (Lipinski definition) is 0. The molecule has 0 N–H and O–H groups in total. The Kier molecular flexibility index (Phi) is 7.54. The van der Waals surface area contributed by atoms with Gasteiger partial charge in [0.25, 0.3) is 6.33 Å². The molecule has 334 valence electrons. The fourth-order valence-electron chi connectivity index (χ4n) is 9.86. The molecule has 0 fully saturated rings. The number of fused-ring (bicyclic) bond motifs is 7. The Bertz CT molecular complexity index is 4570. The predicted octanol–water partition coefficient (Wildman–Crippen LogP) is 15.0. The summed E-state index contributed by atoms with van der Waals surface area (Å²) in [5, 5.41) is 5.55. The highest BCUT2D eigenvalue weighted by Gasteiger charge is 2.24. The van der Waals surface area contributed by atoms with Gasteiger partial charge in [-0.1, -0.05) is 188 Å². The van der Waals surface area contributed by atoms with Crippen LogP contribution < -0.4 is 14.5 Å². The Hall–Kier alpha value is -8.78. The molecule has 0 aliphatic carbocycles. The lowest BCUT2D eigenvalue weighted by molar-refractivity contribution is -0.571. The molecule has 4 heterocycles. The van der Waals surface area contributed by atoms with Gasteiger partial charge in [0.15, 0.2) is 5.75 Å². The number of rotatable bonds is 9. The predicted molar refractivity (Wildman–Crippen MR) is 290 cm³/mol. The molecule has 9 aromatic carbocycles. The first-order valence-electron chi connectivity index (χ1n) is 28.1. The van der Waals surface area contributed by atoms with E-state index in [2.05, 4.69) is 114 Å². The maximum absolute atomic E-state index is 9.13. The average Bonchev–Trinajstić information content (AvgIpc) is 4.18. The van der Waals surface area contributed by atoms with E-state index in [1.54, 1.807) is 22.8 Å². The van der Waals surface area contributed by atoms with Gasteiger partial charge < -0.3 is 9.30 Å². The Morgan fingerprint density at radius 1 is 0.529 bits per heavy atom. The van der Waals surface area contributed by atoms with Crippen molar-refractivity contribution >= 4 is 67.9 Å². The van der Waals surface area contributed by atoms with Crippen molar-refractivity contribution in [2.24, 2.45) is 0 Å². The van der Waals surface area contributed by atoms with E-state index < -0.39 is 68.5 Å². The van der Waals surface area contributed by atoms with Crippen LogP contribution in [0, 0.1) is 6.33 Å². The fourth-order valence-corrected chi connectivity index (χ4v) is 11.0. The first-order valence-corrected chi connectivity index (χ1v) is 26.6. The lowest BCUT2D eigenvalue weighted by Crippen LogP contribution is -2.37. The van der Waals surface area contributed by atoms with E-state index in [0.717, 1.165) is 55.1 Å².